The molecule has 0 atom stereocenters. The van der Waals surface area contributed by atoms with Gasteiger partial charge in [-0.15, -0.1) is 0 Å². The van der Waals surface area contributed by atoms with Crippen LogP contribution in [-0.4, -0.2) is 16.4 Å². The van der Waals surface area contributed by atoms with Crippen molar-refractivity contribution in [2.75, 3.05) is 0 Å². The maximum absolute atomic E-state index is 12.1. The molecule has 1 fully saturated rings. The highest BCUT2D eigenvalue weighted by atomic mass is 16.1. The van der Waals surface area contributed by atoms with Crippen molar-refractivity contribution in [3.8, 4) is 6.07 Å². The second-order valence-corrected chi connectivity index (χ2v) is 5.07. The van der Waals surface area contributed by atoms with E-state index >= 15 is 0 Å². The lowest BCUT2D eigenvalue weighted by atomic mass is 9.78. The van der Waals surface area contributed by atoms with Gasteiger partial charge in [0.2, 0.25) is 0 Å². The van der Waals surface area contributed by atoms with E-state index in [2.05, 4.69) is 23.3 Å². The van der Waals surface area contributed by atoms with Crippen LogP contribution >= 0.6 is 0 Å². The molecule has 1 heterocycles. The van der Waals surface area contributed by atoms with Crippen LogP contribution in [0, 0.1) is 17.2 Å². The average Bonchev–Trinajstić information content (AvgIpc) is 2.43. The molecule has 0 saturated heterocycles. The fraction of sp³-hybridized carbons (Fsp3) is 0.500. The van der Waals surface area contributed by atoms with Crippen LogP contribution in [0.2, 0.25) is 0 Å². The zero-order valence-corrected chi connectivity index (χ0v) is 10.5. The Morgan fingerprint density at radius 2 is 2.06 bits per heavy atom. The number of nitrogens with one attached hydrogen (secondary N) is 1. The Kier molecular flexibility index (Phi) is 3.61. The summed E-state index contributed by atoms with van der Waals surface area (Å²) in [7, 11) is 0. The van der Waals surface area contributed by atoms with E-state index in [1.54, 1.807) is 24.5 Å². The molecule has 1 N–H and O–H groups in total. The van der Waals surface area contributed by atoms with Gasteiger partial charge in [0.05, 0.1) is 6.07 Å². The van der Waals surface area contributed by atoms with Crippen molar-refractivity contribution in [1.82, 2.24) is 10.3 Å². The Labute approximate surface area is 107 Å². The summed E-state index contributed by atoms with van der Waals surface area (Å²) in [5, 5.41) is 12.2. The van der Waals surface area contributed by atoms with Crippen LogP contribution in [0.3, 0.4) is 0 Å². The van der Waals surface area contributed by atoms with Crippen LogP contribution < -0.4 is 5.32 Å². The number of amides is 1. The quantitative estimate of drug-likeness (QED) is 0.866. The molecule has 1 aromatic heterocycles. The van der Waals surface area contributed by atoms with Gasteiger partial charge in [-0.3, -0.25) is 9.78 Å². The fourth-order valence-electron chi connectivity index (χ4n) is 2.31. The Bertz CT molecular complexity index is 456. The highest BCUT2D eigenvalue weighted by Gasteiger charge is 2.35. The van der Waals surface area contributed by atoms with E-state index in [-0.39, 0.29) is 5.91 Å². The Morgan fingerprint density at radius 3 is 2.61 bits per heavy atom. The molecule has 4 heteroatoms. The summed E-state index contributed by atoms with van der Waals surface area (Å²) < 4.78 is 0. The van der Waals surface area contributed by atoms with E-state index in [4.69, 9.17) is 0 Å². The Balaban J connectivity index is 2.08. The van der Waals surface area contributed by atoms with E-state index in [9.17, 15) is 10.1 Å². The molecule has 1 aliphatic rings. The second-order valence-electron chi connectivity index (χ2n) is 5.07. The van der Waals surface area contributed by atoms with Crippen LogP contribution in [-0.2, 0) is 0 Å². The third-order valence-electron chi connectivity index (χ3n) is 3.64. The van der Waals surface area contributed by atoms with E-state index < -0.39 is 5.54 Å². The Hall–Kier alpha value is -1.89. The molecule has 18 heavy (non-hydrogen) atoms. The van der Waals surface area contributed by atoms with Crippen molar-refractivity contribution in [3.05, 3.63) is 30.1 Å². The number of nitrogens with zero attached hydrogens (tertiary/aromatic N) is 2. The molecule has 0 aliphatic heterocycles. The van der Waals surface area contributed by atoms with Gasteiger partial charge in [0.15, 0.2) is 0 Å². The first kappa shape index (κ1) is 12.6. The lowest BCUT2D eigenvalue weighted by Crippen LogP contribution is -2.49. The van der Waals surface area contributed by atoms with E-state index in [1.807, 2.05) is 0 Å². The van der Waals surface area contributed by atoms with Crippen LogP contribution in [0.1, 0.15) is 43.0 Å². The summed E-state index contributed by atoms with van der Waals surface area (Å²) in [6.07, 6.45) is 6.62. The molecule has 0 radical (unpaired) electrons. The highest BCUT2D eigenvalue weighted by molar-refractivity contribution is 5.94. The van der Waals surface area contributed by atoms with Gasteiger partial charge in [-0.2, -0.15) is 5.26 Å². The number of carbonyl (C=O) groups is 1. The number of carbonyl (C=O) groups excluding carboxylic acids is 1. The molecule has 2 rings (SSSR count). The molecule has 1 aliphatic carbocycles. The number of rotatable bonds is 2. The van der Waals surface area contributed by atoms with Gasteiger partial charge in [0.25, 0.3) is 5.91 Å². The molecule has 0 spiro atoms. The molecule has 94 valence electrons. The van der Waals surface area contributed by atoms with Gasteiger partial charge >= 0.3 is 0 Å². The van der Waals surface area contributed by atoms with Crippen LogP contribution in [0.25, 0.3) is 0 Å². The first-order valence-corrected chi connectivity index (χ1v) is 6.29. The Morgan fingerprint density at radius 1 is 1.44 bits per heavy atom. The summed E-state index contributed by atoms with van der Waals surface area (Å²) in [6, 6.07) is 5.61. The summed E-state index contributed by atoms with van der Waals surface area (Å²) in [5.74, 6) is 0.456. The standard InChI is InChI=1S/C14H17N3O/c1-11-2-6-14(10-15,7-3-11)17-13(18)12-4-8-16-9-5-12/h4-5,8-9,11H,2-3,6-7H2,1H3,(H,17,18). The van der Waals surface area contributed by atoms with E-state index in [1.165, 1.54) is 0 Å². The number of aromatic nitrogens is 1. The molecule has 0 bridgehead atoms. The summed E-state index contributed by atoms with van der Waals surface area (Å²) in [6.45, 7) is 2.19. The van der Waals surface area contributed by atoms with Gasteiger partial charge in [-0.25, -0.2) is 0 Å². The lowest BCUT2D eigenvalue weighted by Gasteiger charge is -2.34. The third kappa shape index (κ3) is 2.67. The SMILES string of the molecule is CC1CCC(C#N)(NC(=O)c2ccncc2)CC1. The van der Waals surface area contributed by atoms with Crippen LogP contribution in [0.5, 0.6) is 0 Å². The minimum atomic E-state index is -0.688. The molecule has 0 unspecified atom stereocenters. The second kappa shape index (κ2) is 5.18. The van der Waals surface area contributed by atoms with Crippen molar-refractivity contribution in [3.63, 3.8) is 0 Å². The molecular weight excluding hydrogens is 226 g/mol. The van der Waals surface area contributed by atoms with Gasteiger partial charge in [0.1, 0.15) is 5.54 Å². The van der Waals surface area contributed by atoms with Gasteiger partial charge in [0, 0.05) is 18.0 Å². The van der Waals surface area contributed by atoms with Gasteiger partial charge in [-0.05, 0) is 43.7 Å². The third-order valence-corrected chi connectivity index (χ3v) is 3.64. The van der Waals surface area contributed by atoms with Crippen molar-refractivity contribution in [1.29, 1.82) is 5.26 Å². The number of hydrogen-bond donors (Lipinski definition) is 1. The predicted molar refractivity (Wildman–Crippen MR) is 67.7 cm³/mol. The maximum atomic E-state index is 12.1. The molecule has 1 aromatic rings. The highest BCUT2D eigenvalue weighted by Crippen LogP contribution is 2.31. The van der Waals surface area contributed by atoms with Crippen molar-refractivity contribution >= 4 is 5.91 Å². The van der Waals surface area contributed by atoms with Gasteiger partial charge in [-0.1, -0.05) is 6.92 Å². The molecule has 1 amide bonds. The maximum Gasteiger partial charge on any atom is 0.252 e. The predicted octanol–water partition coefficient (Wildman–Crippen LogP) is 2.28. The minimum Gasteiger partial charge on any atom is -0.334 e. The minimum absolute atomic E-state index is 0.187. The number of hydrogen-bond acceptors (Lipinski definition) is 3. The zero-order chi connectivity index (χ0) is 13.0. The lowest BCUT2D eigenvalue weighted by molar-refractivity contribution is 0.0894. The molecule has 0 aromatic carbocycles. The number of pyridine rings is 1. The summed E-state index contributed by atoms with van der Waals surface area (Å²) in [5.41, 5.74) is -0.134. The van der Waals surface area contributed by atoms with E-state index in [0.29, 0.717) is 11.5 Å². The normalized spacial score (nSPS) is 27.2. The van der Waals surface area contributed by atoms with Crippen molar-refractivity contribution < 1.29 is 4.79 Å². The smallest absolute Gasteiger partial charge is 0.252 e. The van der Waals surface area contributed by atoms with Crippen LogP contribution in [0.15, 0.2) is 24.5 Å². The molecular formula is C14H17N3O. The summed E-state index contributed by atoms with van der Waals surface area (Å²) in [4.78, 5) is 15.9. The van der Waals surface area contributed by atoms with Gasteiger partial charge < -0.3 is 5.32 Å². The topological polar surface area (TPSA) is 65.8 Å². The first-order valence-electron chi connectivity index (χ1n) is 6.29. The first-order chi connectivity index (χ1) is 8.65. The molecule has 4 nitrogen and oxygen atoms in total. The van der Waals surface area contributed by atoms with Crippen molar-refractivity contribution in [2.45, 2.75) is 38.1 Å². The molecule has 1 saturated carbocycles. The summed E-state index contributed by atoms with van der Waals surface area (Å²) >= 11 is 0. The van der Waals surface area contributed by atoms with Crippen molar-refractivity contribution in [2.24, 2.45) is 5.92 Å². The monoisotopic (exact) mass is 243 g/mol. The number of nitriles is 1. The average molecular weight is 243 g/mol. The van der Waals surface area contributed by atoms with Crippen LogP contribution in [0.4, 0.5) is 0 Å². The van der Waals surface area contributed by atoms with E-state index in [0.717, 1.165) is 25.7 Å². The zero-order valence-electron chi connectivity index (χ0n) is 10.5. The largest absolute Gasteiger partial charge is 0.334 e. The fourth-order valence-corrected chi connectivity index (χ4v) is 2.31.